The van der Waals surface area contributed by atoms with Crippen LogP contribution in [0.2, 0.25) is 0 Å². The number of rotatable bonds is 7. The molecule has 2 aromatic carbocycles. The molecule has 0 unspecified atom stereocenters. The Morgan fingerprint density at radius 2 is 1.69 bits per heavy atom. The highest BCUT2D eigenvalue weighted by Gasteiger charge is 2.44. The molecule has 2 N–H and O–H groups in total. The summed E-state index contributed by atoms with van der Waals surface area (Å²) in [6.45, 7) is 0.878. The van der Waals surface area contributed by atoms with Crippen molar-refractivity contribution in [3.05, 3.63) is 70.8 Å². The van der Waals surface area contributed by atoms with Gasteiger partial charge in [-0.1, -0.05) is 18.2 Å². The molecular weight excluding hydrogens is 396 g/mol. The van der Waals surface area contributed by atoms with Crippen LogP contribution in [0.25, 0.3) is 0 Å². The first-order valence-corrected chi connectivity index (χ1v) is 11.4. The second-order valence-corrected chi connectivity index (χ2v) is 9.69. The van der Waals surface area contributed by atoms with Crippen molar-refractivity contribution in [3.8, 4) is 0 Å². The molecule has 1 aliphatic carbocycles. The summed E-state index contributed by atoms with van der Waals surface area (Å²) in [4.78, 5) is 4.19. The van der Waals surface area contributed by atoms with Crippen molar-refractivity contribution in [1.29, 1.82) is 0 Å². The molecule has 1 aliphatic rings. The van der Waals surface area contributed by atoms with Crippen molar-refractivity contribution in [3.63, 3.8) is 0 Å². The number of nitrogens with zero attached hydrogens (tertiary/aromatic N) is 1. The average molecular weight is 422 g/mol. The van der Waals surface area contributed by atoms with E-state index < -0.39 is 15.7 Å². The van der Waals surface area contributed by atoms with E-state index in [1.54, 1.807) is 7.05 Å². The fourth-order valence-corrected chi connectivity index (χ4v) is 4.20. The van der Waals surface area contributed by atoms with Gasteiger partial charge in [0.15, 0.2) is 15.8 Å². The summed E-state index contributed by atoms with van der Waals surface area (Å²) in [5.74, 6) is -0.289. The summed E-state index contributed by atoms with van der Waals surface area (Å²) >= 11 is 0. The maximum absolute atomic E-state index is 13.7. The third-order valence-corrected chi connectivity index (χ3v) is 6.00. The highest BCUT2D eigenvalue weighted by Crippen LogP contribution is 2.47. The van der Waals surface area contributed by atoms with Crippen LogP contribution < -0.4 is 10.6 Å². The minimum atomic E-state index is -3.23. The molecule has 29 heavy (non-hydrogen) atoms. The Bertz CT molecular complexity index is 1000. The van der Waals surface area contributed by atoms with E-state index in [1.165, 1.54) is 30.3 Å². The number of sulfone groups is 1. The predicted octanol–water partition coefficient (Wildman–Crippen LogP) is 2.91. The second kappa shape index (κ2) is 8.49. The lowest BCUT2D eigenvalue weighted by Crippen LogP contribution is -2.41. The average Bonchev–Trinajstić information content (AvgIpc) is 3.44. The lowest BCUT2D eigenvalue weighted by atomic mass is 9.96. The van der Waals surface area contributed by atoms with Crippen LogP contribution in [0.3, 0.4) is 0 Å². The van der Waals surface area contributed by atoms with Crippen LogP contribution in [0, 0.1) is 11.6 Å². The smallest absolute Gasteiger partial charge is 0.191 e. The van der Waals surface area contributed by atoms with Gasteiger partial charge in [0.05, 0.1) is 5.75 Å². The number of guanidine groups is 1. The summed E-state index contributed by atoms with van der Waals surface area (Å²) in [5, 5.41) is 6.39. The van der Waals surface area contributed by atoms with E-state index in [9.17, 15) is 17.2 Å². The lowest BCUT2D eigenvalue weighted by Gasteiger charge is -2.19. The number of hydrogen-bond acceptors (Lipinski definition) is 3. The van der Waals surface area contributed by atoms with Gasteiger partial charge < -0.3 is 10.6 Å². The van der Waals surface area contributed by atoms with Gasteiger partial charge in [-0.25, -0.2) is 17.2 Å². The number of aliphatic imine (C=N–C) groups is 1. The molecular formula is C21H25F2N3O2S. The Labute approximate surface area is 170 Å². The van der Waals surface area contributed by atoms with E-state index in [0.29, 0.717) is 23.6 Å². The minimum absolute atomic E-state index is 0.0361. The standard InChI is InChI=1S/C21H25F2N3O2S/c1-24-20(26-14-21(9-10-21)17-4-7-18(22)8-5-17)25-12-16-11-19(23)6-3-15(16)13-29(2,27)28/h3-8,11H,9-10,12-14H2,1-2H3,(H2,24,25,26). The van der Waals surface area contributed by atoms with Crippen LogP contribution in [0.15, 0.2) is 47.5 Å². The van der Waals surface area contributed by atoms with Crippen LogP contribution >= 0.6 is 0 Å². The van der Waals surface area contributed by atoms with Crippen LogP contribution in [-0.4, -0.2) is 34.2 Å². The summed E-state index contributed by atoms with van der Waals surface area (Å²) in [5.41, 5.74) is 2.17. The Kier molecular flexibility index (Phi) is 6.21. The molecule has 0 heterocycles. The van der Waals surface area contributed by atoms with Gasteiger partial charge in [-0.15, -0.1) is 0 Å². The van der Waals surface area contributed by atoms with Crippen molar-refractivity contribution in [2.45, 2.75) is 30.6 Å². The molecule has 5 nitrogen and oxygen atoms in total. The van der Waals surface area contributed by atoms with Crippen LogP contribution in [-0.2, 0) is 27.5 Å². The number of hydrogen-bond donors (Lipinski definition) is 2. The third-order valence-electron chi connectivity index (χ3n) is 5.16. The van der Waals surface area contributed by atoms with Crippen LogP contribution in [0.1, 0.15) is 29.5 Å². The summed E-state index contributed by atoms with van der Waals surface area (Å²) in [7, 11) is -1.60. The van der Waals surface area contributed by atoms with Gasteiger partial charge in [-0.2, -0.15) is 0 Å². The molecule has 0 amide bonds. The fourth-order valence-electron chi connectivity index (χ4n) is 3.36. The van der Waals surface area contributed by atoms with Crippen molar-refractivity contribution in [2.75, 3.05) is 19.8 Å². The summed E-state index contributed by atoms with van der Waals surface area (Å²) < 4.78 is 50.1. The zero-order valence-electron chi connectivity index (χ0n) is 16.5. The van der Waals surface area contributed by atoms with Gasteiger partial charge >= 0.3 is 0 Å². The molecule has 0 aliphatic heterocycles. The molecule has 1 fully saturated rings. The minimum Gasteiger partial charge on any atom is -0.356 e. The summed E-state index contributed by atoms with van der Waals surface area (Å²) in [6.07, 6.45) is 3.16. The van der Waals surface area contributed by atoms with E-state index in [-0.39, 0.29) is 23.5 Å². The molecule has 0 atom stereocenters. The molecule has 156 valence electrons. The zero-order chi connectivity index (χ0) is 21.1. The molecule has 2 aromatic rings. The van der Waals surface area contributed by atoms with Gasteiger partial charge in [0, 0.05) is 31.8 Å². The molecule has 0 spiro atoms. The zero-order valence-corrected chi connectivity index (χ0v) is 17.3. The van der Waals surface area contributed by atoms with Crippen LogP contribution in [0.5, 0.6) is 0 Å². The number of nitrogens with one attached hydrogen (secondary N) is 2. The van der Waals surface area contributed by atoms with Crippen molar-refractivity contribution in [2.24, 2.45) is 4.99 Å². The van der Waals surface area contributed by atoms with E-state index in [4.69, 9.17) is 0 Å². The van der Waals surface area contributed by atoms with E-state index in [2.05, 4.69) is 15.6 Å². The van der Waals surface area contributed by atoms with Crippen LogP contribution in [0.4, 0.5) is 8.78 Å². The first kappa shape index (κ1) is 21.2. The Morgan fingerprint density at radius 1 is 1.03 bits per heavy atom. The lowest BCUT2D eigenvalue weighted by molar-refractivity contribution is 0.599. The first-order chi connectivity index (χ1) is 13.7. The molecule has 1 saturated carbocycles. The molecule has 3 rings (SSSR count). The normalized spacial score (nSPS) is 15.8. The third kappa shape index (κ3) is 5.76. The quantitative estimate of drug-likeness (QED) is 0.533. The number of halogens is 2. The van der Waals surface area contributed by atoms with E-state index in [1.807, 2.05) is 12.1 Å². The van der Waals surface area contributed by atoms with Crippen molar-refractivity contribution in [1.82, 2.24) is 10.6 Å². The first-order valence-electron chi connectivity index (χ1n) is 9.36. The van der Waals surface area contributed by atoms with Gasteiger partial charge in [0.1, 0.15) is 11.6 Å². The van der Waals surface area contributed by atoms with Gasteiger partial charge in [0.2, 0.25) is 0 Å². The molecule has 0 saturated heterocycles. The topological polar surface area (TPSA) is 70.6 Å². The Morgan fingerprint density at radius 3 is 2.28 bits per heavy atom. The largest absolute Gasteiger partial charge is 0.356 e. The molecule has 0 radical (unpaired) electrons. The van der Waals surface area contributed by atoms with Gasteiger partial charge in [0.25, 0.3) is 0 Å². The van der Waals surface area contributed by atoms with Gasteiger partial charge in [-0.05, 0) is 53.8 Å². The SMILES string of the molecule is CN=C(NCc1cc(F)ccc1CS(C)(=O)=O)NCC1(c2ccc(F)cc2)CC1. The monoisotopic (exact) mass is 421 g/mol. The van der Waals surface area contributed by atoms with E-state index in [0.717, 1.165) is 24.7 Å². The van der Waals surface area contributed by atoms with Crippen molar-refractivity contribution < 1.29 is 17.2 Å². The predicted molar refractivity (Wildman–Crippen MR) is 110 cm³/mol. The second-order valence-electron chi connectivity index (χ2n) is 7.55. The van der Waals surface area contributed by atoms with Gasteiger partial charge in [-0.3, -0.25) is 4.99 Å². The Balaban J connectivity index is 1.63. The fraction of sp³-hybridized carbons (Fsp3) is 0.381. The maximum atomic E-state index is 13.7. The maximum Gasteiger partial charge on any atom is 0.191 e. The summed E-state index contributed by atoms with van der Waals surface area (Å²) in [6, 6.07) is 10.6. The molecule has 8 heteroatoms. The highest BCUT2D eigenvalue weighted by molar-refractivity contribution is 7.89. The highest BCUT2D eigenvalue weighted by atomic mass is 32.2. The Hall–Kier alpha value is -2.48. The van der Waals surface area contributed by atoms with Crippen molar-refractivity contribution >= 4 is 15.8 Å². The number of benzene rings is 2. The molecule has 0 bridgehead atoms. The van der Waals surface area contributed by atoms with E-state index >= 15 is 0 Å². The molecule has 0 aromatic heterocycles.